The molecule has 4 N–H and O–H groups in total. The van der Waals surface area contributed by atoms with Crippen LogP contribution in [0.3, 0.4) is 0 Å². The van der Waals surface area contributed by atoms with Crippen molar-refractivity contribution in [3.63, 3.8) is 0 Å². The molecule has 6 nitrogen and oxygen atoms in total. The molecular formula is C21H32N6+2. The van der Waals surface area contributed by atoms with Gasteiger partial charge in [0.25, 0.3) is 5.95 Å². The Morgan fingerprint density at radius 2 is 2.04 bits per heavy atom. The second-order valence-electron chi connectivity index (χ2n) is 8.39. The van der Waals surface area contributed by atoms with Gasteiger partial charge in [-0.25, -0.2) is 20.6 Å². The topological polar surface area (TPSA) is 68.2 Å². The lowest BCUT2D eigenvalue weighted by Gasteiger charge is -2.38. The van der Waals surface area contributed by atoms with Gasteiger partial charge in [0, 0.05) is 11.3 Å². The lowest BCUT2D eigenvalue weighted by atomic mass is 9.77. The predicted molar refractivity (Wildman–Crippen MR) is 108 cm³/mol. The number of hydrogen-bond donors (Lipinski definition) is 4. The lowest BCUT2D eigenvalue weighted by molar-refractivity contribution is -1.00. The number of fused-ring (bicyclic) bond motifs is 1. The minimum absolute atomic E-state index is 0.642. The van der Waals surface area contributed by atoms with Crippen molar-refractivity contribution in [2.24, 2.45) is 11.8 Å². The Hall–Kier alpha value is -2.21. The van der Waals surface area contributed by atoms with E-state index in [1.54, 1.807) is 4.90 Å². The Bertz CT molecular complexity index is 861. The van der Waals surface area contributed by atoms with Crippen molar-refractivity contribution < 1.29 is 9.89 Å². The summed E-state index contributed by atoms with van der Waals surface area (Å²) in [5.74, 6) is 3.16. The molecule has 6 heteroatoms. The molecule has 1 aliphatic carbocycles. The molecule has 1 unspecified atom stereocenters. The number of rotatable bonds is 2. The predicted octanol–water partition coefficient (Wildman–Crippen LogP) is 0.323. The largest absolute Gasteiger partial charge is 0.359 e. The summed E-state index contributed by atoms with van der Waals surface area (Å²) in [6.45, 7) is 10.8. The number of benzene rings is 1. The summed E-state index contributed by atoms with van der Waals surface area (Å²) in [6.07, 6.45) is 4.07. The first kappa shape index (κ1) is 18.2. The third kappa shape index (κ3) is 3.76. The fourth-order valence-corrected chi connectivity index (χ4v) is 4.60. The van der Waals surface area contributed by atoms with Crippen LogP contribution in [0.15, 0.2) is 18.2 Å². The summed E-state index contributed by atoms with van der Waals surface area (Å²) >= 11 is 0. The van der Waals surface area contributed by atoms with Crippen LogP contribution in [0.25, 0.3) is 10.9 Å². The molecule has 2 aromatic rings. The molecule has 1 aromatic heterocycles. The van der Waals surface area contributed by atoms with Gasteiger partial charge in [-0.1, -0.05) is 26.0 Å². The molecule has 0 saturated heterocycles. The van der Waals surface area contributed by atoms with Crippen molar-refractivity contribution >= 4 is 22.8 Å². The van der Waals surface area contributed by atoms with E-state index in [0.29, 0.717) is 5.95 Å². The number of hydrogen-bond acceptors (Lipinski definition) is 4. The smallest absolute Gasteiger partial charge is 0.274 e. The van der Waals surface area contributed by atoms with Crippen LogP contribution in [0.2, 0.25) is 0 Å². The van der Waals surface area contributed by atoms with Crippen molar-refractivity contribution in [1.82, 2.24) is 15.3 Å². The van der Waals surface area contributed by atoms with Gasteiger partial charge < -0.3 is 0 Å². The van der Waals surface area contributed by atoms with E-state index >= 15 is 0 Å². The van der Waals surface area contributed by atoms with E-state index in [9.17, 15) is 0 Å². The quantitative estimate of drug-likeness (QED) is 0.617. The molecule has 4 atom stereocenters. The van der Waals surface area contributed by atoms with Crippen molar-refractivity contribution in [2.45, 2.75) is 53.0 Å². The first-order chi connectivity index (χ1) is 13.0. The maximum absolute atomic E-state index is 4.69. The number of guanidine groups is 1. The van der Waals surface area contributed by atoms with Crippen LogP contribution in [-0.4, -0.2) is 35.3 Å². The Morgan fingerprint density at radius 1 is 1.19 bits per heavy atom. The van der Waals surface area contributed by atoms with Crippen LogP contribution in [0.5, 0.6) is 0 Å². The average Bonchev–Trinajstić information content (AvgIpc) is 2.64. The summed E-state index contributed by atoms with van der Waals surface area (Å²) in [5, 5.41) is 7.95. The van der Waals surface area contributed by atoms with Gasteiger partial charge >= 0.3 is 5.96 Å². The molecule has 0 bridgehead atoms. The molecule has 2 heterocycles. The Kier molecular flexibility index (Phi) is 5.00. The molecular weight excluding hydrogens is 336 g/mol. The van der Waals surface area contributed by atoms with E-state index < -0.39 is 0 Å². The van der Waals surface area contributed by atoms with E-state index in [4.69, 9.17) is 4.98 Å². The third-order valence-corrected chi connectivity index (χ3v) is 6.50. The molecule has 2 aliphatic rings. The first-order valence-electron chi connectivity index (χ1n) is 10.2. The van der Waals surface area contributed by atoms with Gasteiger partial charge in [0.2, 0.25) is 0 Å². The number of anilines is 1. The van der Waals surface area contributed by atoms with Gasteiger partial charge in [0.1, 0.15) is 0 Å². The normalized spacial score (nSPS) is 28.5. The Labute approximate surface area is 161 Å². The van der Waals surface area contributed by atoms with Crippen molar-refractivity contribution in [1.29, 1.82) is 0 Å². The third-order valence-electron chi connectivity index (χ3n) is 6.50. The lowest BCUT2D eigenvalue weighted by Crippen LogP contribution is -3.27. The maximum Gasteiger partial charge on any atom is 0.359 e. The zero-order chi connectivity index (χ0) is 19.0. The molecule has 144 valence electrons. The van der Waals surface area contributed by atoms with Crippen LogP contribution in [0, 0.1) is 25.7 Å². The van der Waals surface area contributed by atoms with Crippen molar-refractivity contribution in [3.05, 3.63) is 29.5 Å². The monoisotopic (exact) mass is 368 g/mol. The fraction of sp³-hybridized carbons (Fsp3) is 0.571. The molecule has 1 aliphatic heterocycles. The highest BCUT2D eigenvalue weighted by atomic mass is 15.4. The molecule has 4 rings (SSSR count). The Morgan fingerprint density at radius 3 is 2.81 bits per heavy atom. The number of aryl methyl sites for hydroxylation is 2. The second kappa shape index (κ2) is 7.43. The highest BCUT2D eigenvalue weighted by molar-refractivity contribution is 5.89. The molecule has 27 heavy (non-hydrogen) atoms. The molecule has 1 aromatic carbocycles. The summed E-state index contributed by atoms with van der Waals surface area (Å²) in [5.41, 5.74) is 3.19. The molecule has 0 spiro atoms. The van der Waals surface area contributed by atoms with E-state index in [1.165, 1.54) is 24.8 Å². The highest BCUT2D eigenvalue weighted by Crippen LogP contribution is 2.27. The van der Waals surface area contributed by atoms with Gasteiger partial charge in [-0.3, -0.25) is 4.90 Å². The maximum atomic E-state index is 4.69. The van der Waals surface area contributed by atoms with E-state index in [1.807, 2.05) is 6.92 Å². The first-order valence-corrected chi connectivity index (χ1v) is 10.2. The van der Waals surface area contributed by atoms with Crippen LogP contribution < -0.4 is 20.5 Å². The van der Waals surface area contributed by atoms with Crippen molar-refractivity contribution in [2.75, 3.05) is 18.7 Å². The van der Waals surface area contributed by atoms with E-state index in [-0.39, 0.29) is 0 Å². The Balaban J connectivity index is 1.46. The van der Waals surface area contributed by atoms with Gasteiger partial charge in [-0.2, -0.15) is 4.98 Å². The second-order valence-corrected chi connectivity index (χ2v) is 8.39. The fourth-order valence-electron chi connectivity index (χ4n) is 4.60. The van der Waals surface area contributed by atoms with E-state index in [0.717, 1.165) is 53.8 Å². The summed E-state index contributed by atoms with van der Waals surface area (Å²) in [6, 6.07) is 7.05. The SMILES string of the molecule is Cc1ccc2c(C)nc(NC3=[NH+]C[NH+]([C@H]4CCC[C@H](C)[C@@H]4C)CN3)nc2c1. The highest BCUT2D eigenvalue weighted by Gasteiger charge is 2.36. The van der Waals surface area contributed by atoms with Crippen molar-refractivity contribution in [3.8, 4) is 0 Å². The molecule has 1 fully saturated rings. The minimum atomic E-state index is 0.642. The summed E-state index contributed by atoms with van der Waals surface area (Å²) in [4.78, 5) is 14.4. The van der Waals surface area contributed by atoms with Gasteiger partial charge in [0.05, 0.1) is 17.3 Å². The average molecular weight is 369 g/mol. The molecule has 0 radical (unpaired) electrons. The van der Waals surface area contributed by atoms with Gasteiger partial charge in [-0.15, -0.1) is 0 Å². The number of aromatic nitrogens is 2. The number of nitrogens with one attached hydrogen (secondary N) is 4. The minimum Gasteiger partial charge on any atom is -0.274 e. The molecule has 1 saturated carbocycles. The van der Waals surface area contributed by atoms with Gasteiger partial charge in [0.15, 0.2) is 13.3 Å². The van der Waals surface area contributed by atoms with Crippen LogP contribution >= 0.6 is 0 Å². The summed E-state index contributed by atoms with van der Waals surface area (Å²) in [7, 11) is 0. The standard InChI is InChI=1S/C21H30N6/c1-13-8-9-17-16(4)24-21(25-18(17)10-13)26-20-22-11-27(12-23-20)19-7-5-6-14(2)15(19)3/h8-10,14-15,19H,5-7,11-12H2,1-4H3,(H2,22,23,24,25,26)/p+2/t14-,15-,19-/m0/s1. The number of quaternary nitrogens is 1. The molecule has 0 amide bonds. The zero-order valence-electron chi connectivity index (χ0n) is 16.9. The van der Waals surface area contributed by atoms with Crippen LogP contribution in [-0.2, 0) is 0 Å². The van der Waals surface area contributed by atoms with E-state index in [2.05, 4.69) is 59.6 Å². The zero-order valence-corrected chi connectivity index (χ0v) is 16.9. The van der Waals surface area contributed by atoms with Crippen LogP contribution in [0.1, 0.15) is 44.4 Å². The summed E-state index contributed by atoms with van der Waals surface area (Å²) < 4.78 is 0. The number of nitrogens with zero attached hydrogens (tertiary/aromatic N) is 2. The van der Waals surface area contributed by atoms with Crippen LogP contribution in [0.4, 0.5) is 5.95 Å². The van der Waals surface area contributed by atoms with Gasteiger partial charge in [-0.05, 0) is 50.7 Å².